The molecule has 0 aliphatic carbocycles. The normalized spacial score (nSPS) is 12.8. The van der Waals surface area contributed by atoms with Gasteiger partial charge < -0.3 is 24.8 Å². The fourth-order valence-electron chi connectivity index (χ4n) is 6.59. The Kier molecular flexibility index (Phi) is 37.1. The molecule has 292 valence electrons. The van der Waals surface area contributed by atoms with Crippen molar-refractivity contribution in [3.63, 3.8) is 0 Å². The predicted octanol–water partition coefficient (Wildman–Crippen LogP) is 10.4. The number of aliphatic hydroxyl groups is 1. The minimum atomic E-state index is -0.000119. The Morgan fingerprint density at radius 2 is 0.898 bits per heavy atom. The molecule has 0 aromatic carbocycles. The van der Waals surface area contributed by atoms with Gasteiger partial charge in [-0.2, -0.15) is 0 Å². The maximum atomic E-state index is 13.0. The average molecular weight is 697 g/mol. The fourth-order valence-corrected chi connectivity index (χ4v) is 6.59. The van der Waals surface area contributed by atoms with Crippen LogP contribution in [0, 0.1) is 11.8 Å². The molecule has 0 amide bonds. The molecule has 7 nitrogen and oxygen atoms in total. The highest BCUT2D eigenvalue weighted by molar-refractivity contribution is 5.72. The minimum absolute atomic E-state index is 0.000119. The van der Waals surface area contributed by atoms with Crippen molar-refractivity contribution in [2.75, 3.05) is 52.5 Å². The van der Waals surface area contributed by atoms with Crippen molar-refractivity contribution in [3.05, 3.63) is 0 Å². The quantitative estimate of drug-likeness (QED) is 0.0488. The molecule has 49 heavy (non-hydrogen) atoms. The average Bonchev–Trinajstić information content (AvgIpc) is 3.10. The van der Waals surface area contributed by atoms with E-state index in [-0.39, 0.29) is 30.4 Å². The molecule has 2 unspecified atom stereocenters. The van der Waals surface area contributed by atoms with Crippen molar-refractivity contribution >= 4 is 11.9 Å². The van der Waals surface area contributed by atoms with Crippen LogP contribution in [0.15, 0.2) is 0 Å². The number of carbonyl (C=O) groups excluding carboxylic acids is 2. The van der Waals surface area contributed by atoms with Gasteiger partial charge in [0.15, 0.2) is 0 Å². The molecule has 2 atom stereocenters. The van der Waals surface area contributed by atoms with E-state index in [9.17, 15) is 14.7 Å². The highest BCUT2D eigenvalue weighted by Gasteiger charge is 2.20. The van der Waals surface area contributed by atoms with Gasteiger partial charge >= 0.3 is 11.9 Å². The zero-order valence-corrected chi connectivity index (χ0v) is 33.2. The number of carbonyl (C=O) groups is 2. The number of esters is 2. The summed E-state index contributed by atoms with van der Waals surface area (Å²) in [6.45, 7) is 14.9. The minimum Gasteiger partial charge on any atom is -0.465 e. The number of ether oxygens (including phenoxy) is 2. The number of rotatable bonds is 39. The molecule has 0 saturated carbocycles. The molecule has 0 spiro atoms. The van der Waals surface area contributed by atoms with Crippen LogP contribution in [-0.2, 0) is 19.1 Å². The van der Waals surface area contributed by atoms with Crippen molar-refractivity contribution in [2.45, 2.75) is 195 Å². The summed E-state index contributed by atoms with van der Waals surface area (Å²) in [7, 11) is 0. The number of hydrogen-bond acceptors (Lipinski definition) is 7. The molecule has 0 rings (SSSR count). The highest BCUT2D eigenvalue weighted by Crippen LogP contribution is 2.21. The lowest BCUT2D eigenvalue weighted by molar-refractivity contribution is -0.150. The van der Waals surface area contributed by atoms with E-state index in [0.717, 1.165) is 129 Å². The molecule has 0 aliphatic heterocycles. The highest BCUT2D eigenvalue weighted by atomic mass is 16.5. The number of hydrogen-bond donors (Lipinski definition) is 2. The Morgan fingerprint density at radius 1 is 0.490 bits per heavy atom. The summed E-state index contributed by atoms with van der Waals surface area (Å²) < 4.78 is 11.6. The first kappa shape index (κ1) is 47.8. The van der Waals surface area contributed by atoms with Gasteiger partial charge in [0, 0.05) is 13.2 Å². The van der Waals surface area contributed by atoms with Crippen molar-refractivity contribution < 1.29 is 24.2 Å². The van der Waals surface area contributed by atoms with E-state index in [2.05, 4.69) is 37.9 Å². The van der Waals surface area contributed by atoms with Gasteiger partial charge in [0.2, 0.25) is 0 Å². The summed E-state index contributed by atoms with van der Waals surface area (Å²) in [6.07, 6.45) is 28.7. The molecule has 0 fully saturated rings. The lowest BCUT2D eigenvalue weighted by Gasteiger charge is -2.22. The van der Waals surface area contributed by atoms with E-state index in [1.807, 2.05) is 0 Å². The number of unbranched alkanes of at least 4 members (excludes halogenated alkanes) is 14. The van der Waals surface area contributed by atoms with Crippen LogP contribution in [0.3, 0.4) is 0 Å². The second-order valence-electron chi connectivity index (χ2n) is 14.6. The SMILES string of the molecule is CCCCCCCCC(CCCCCC)C(=O)OCCCCN(CCCO)CCCCOC(=O)C(CCCCCC)CCCCNCCC. The molecule has 7 heteroatoms. The van der Waals surface area contributed by atoms with E-state index in [1.54, 1.807) is 0 Å². The Hall–Kier alpha value is -1.18. The lowest BCUT2D eigenvalue weighted by Crippen LogP contribution is -2.28. The van der Waals surface area contributed by atoms with Gasteiger partial charge in [-0.25, -0.2) is 0 Å². The molecule has 0 aromatic rings. The first-order chi connectivity index (χ1) is 24.0. The van der Waals surface area contributed by atoms with Gasteiger partial charge in [-0.05, 0) is 96.8 Å². The van der Waals surface area contributed by atoms with Crippen LogP contribution in [0.5, 0.6) is 0 Å². The van der Waals surface area contributed by atoms with Crippen molar-refractivity contribution in [2.24, 2.45) is 11.8 Å². The lowest BCUT2D eigenvalue weighted by atomic mass is 9.94. The third kappa shape index (κ3) is 31.3. The van der Waals surface area contributed by atoms with E-state index in [0.29, 0.717) is 13.2 Å². The summed E-state index contributed by atoms with van der Waals surface area (Å²) in [4.78, 5) is 28.4. The summed E-state index contributed by atoms with van der Waals surface area (Å²) in [5.41, 5.74) is 0. The van der Waals surface area contributed by atoms with Gasteiger partial charge in [0.05, 0.1) is 25.0 Å². The fraction of sp³-hybridized carbons (Fsp3) is 0.952. The van der Waals surface area contributed by atoms with Crippen LogP contribution in [-0.4, -0.2) is 74.5 Å². The summed E-state index contributed by atoms with van der Waals surface area (Å²) in [5.74, 6) is 0.108. The van der Waals surface area contributed by atoms with Crippen LogP contribution in [0.1, 0.15) is 195 Å². The zero-order valence-electron chi connectivity index (χ0n) is 33.2. The molecular weight excluding hydrogens is 612 g/mol. The first-order valence-corrected chi connectivity index (χ1v) is 21.4. The van der Waals surface area contributed by atoms with Crippen LogP contribution < -0.4 is 5.32 Å². The molecule has 0 aromatic heterocycles. The van der Waals surface area contributed by atoms with Gasteiger partial charge in [-0.1, -0.05) is 124 Å². The molecule has 0 saturated heterocycles. The molecule has 0 radical (unpaired) electrons. The Bertz CT molecular complexity index is 653. The topological polar surface area (TPSA) is 88.1 Å². The van der Waals surface area contributed by atoms with E-state index in [1.165, 1.54) is 70.6 Å². The Labute approximate surface area is 304 Å². The zero-order chi connectivity index (χ0) is 36.0. The summed E-state index contributed by atoms with van der Waals surface area (Å²) >= 11 is 0. The summed E-state index contributed by atoms with van der Waals surface area (Å²) in [5, 5.41) is 12.9. The molecule has 0 heterocycles. The molecular formula is C42H84N2O5. The predicted molar refractivity (Wildman–Crippen MR) is 208 cm³/mol. The van der Waals surface area contributed by atoms with Gasteiger partial charge in [-0.3, -0.25) is 9.59 Å². The van der Waals surface area contributed by atoms with Crippen molar-refractivity contribution in [3.8, 4) is 0 Å². The third-order valence-electron chi connectivity index (χ3n) is 9.83. The Morgan fingerprint density at radius 3 is 1.35 bits per heavy atom. The second-order valence-corrected chi connectivity index (χ2v) is 14.6. The second kappa shape index (κ2) is 38.1. The maximum Gasteiger partial charge on any atom is 0.308 e. The van der Waals surface area contributed by atoms with E-state index < -0.39 is 0 Å². The summed E-state index contributed by atoms with van der Waals surface area (Å²) in [6, 6.07) is 0. The molecule has 0 aliphatic rings. The third-order valence-corrected chi connectivity index (χ3v) is 9.83. The largest absolute Gasteiger partial charge is 0.465 e. The van der Waals surface area contributed by atoms with E-state index >= 15 is 0 Å². The van der Waals surface area contributed by atoms with Gasteiger partial charge in [0.1, 0.15) is 0 Å². The number of nitrogens with one attached hydrogen (secondary N) is 1. The van der Waals surface area contributed by atoms with Crippen molar-refractivity contribution in [1.29, 1.82) is 0 Å². The molecule has 2 N–H and O–H groups in total. The molecule has 0 bridgehead atoms. The number of nitrogens with zero attached hydrogens (tertiary/aromatic N) is 1. The van der Waals surface area contributed by atoms with Crippen LogP contribution in [0.25, 0.3) is 0 Å². The Balaban J connectivity index is 4.49. The van der Waals surface area contributed by atoms with Crippen LogP contribution >= 0.6 is 0 Å². The van der Waals surface area contributed by atoms with Crippen LogP contribution in [0.2, 0.25) is 0 Å². The monoisotopic (exact) mass is 697 g/mol. The number of aliphatic hydroxyl groups excluding tert-OH is 1. The van der Waals surface area contributed by atoms with Crippen molar-refractivity contribution in [1.82, 2.24) is 10.2 Å². The van der Waals surface area contributed by atoms with Gasteiger partial charge in [-0.15, -0.1) is 0 Å². The van der Waals surface area contributed by atoms with E-state index in [4.69, 9.17) is 9.47 Å². The maximum absolute atomic E-state index is 13.0. The standard InChI is InChI=1S/C42H84N2O5/c1-5-9-12-15-16-19-29-39(27-17-13-10-6-2)41(46)48-37-24-22-33-44(35-26-36-45)34-23-25-38-49-42(47)40(28-18-14-11-7-3)30-20-21-32-43-31-8-4/h39-40,43,45H,5-38H2,1-4H3. The first-order valence-electron chi connectivity index (χ1n) is 21.4. The smallest absolute Gasteiger partial charge is 0.308 e. The van der Waals surface area contributed by atoms with Crippen LogP contribution in [0.4, 0.5) is 0 Å². The van der Waals surface area contributed by atoms with Gasteiger partial charge in [0.25, 0.3) is 0 Å².